The minimum atomic E-state index is 0.617. The summed E-state index contributed by atoms with van der Waals surface area (Å²) < 4.78 is 2.37. The first-order valence-corrected chi connectivity index (χ1v) is 7.49. The molecule has 0 radical (unpaired) electrons. The lowest BCUT2D eigenvalue weighted by Crippen LogP contribution is -2.11. The molecule has 0 unspecified atom stereocenters. The Labute approximate surface area is 120 Å². The van der Waals surface area contributed by atoms with E-state index in [4.69, 9.17) is 5.73 Å². The number of anilines is 1. The molecular weight excluding hydrogens is 248 g/mol. The fraction of sp³-hybridized carbons (Fsp3) is 0.500. The van der Waals surface area contributed by atoms with Crippen LogP contribution in [0.15, 0.2) is 24.3 Å². The number of hydrogen-bond acceptors (Lipinski definition) is 3. The second kappa shape index (κ2) is 5.65. The van der Waals surface area contributed by atoms with Gasteiger partial charge in [-0.3, -0.25) is 0 Å². The zero-order chi connectivity index (χ0) is 13.9. The largest absolute Gasteiger partial charge is 0.399 e. The maximum Gasteiger partial charge on any atom is 0.133 e. The molecule has 1 aliphatic rings. The Kier molecular flexibility index (Phi) is 3.72. The van der Waals surface area contributed by atoms with E-state index >= 15 is 0 Å². The maximum absolute atomic E-state index is 5.72. The van der Waals surface area contributed by atoms with Gasteiger partial charge in [-0.05, 0) is 43.9 Å². The highest BCUT2D eigenvalue weighted by Crippen LogP contribution is 2.31. The Bertz CT molecular complexity index is 565. The minimum absolute atomic E-state index is 0.617. The number of nitrogen functional groups attached to an aromatic ring is 1. The Balaban J connectivity index is 1.72. The van der Waals surface area contributed by atoms with Crippen molar-refractivity contribution < 1.29 is 0 Å². The molecule has 1 aromatic heterocycles. The maximum atomic E-state index is 5.72. The molecule has 0 aliphatic heterocycles. The summed E-state index contributed by atoms with van der Waals surface area (Å²) in [5, 5.41) is 8.66. The van der Waals surface area contributed by atoms with Crippen LogP contribution in [0.3, 0.4) is 0 Å². The van der Waals surface area contributed by atoms with Gasteiger partial charge in [-0.2, -0.15) is 0 Å². The molecule has 1 aliphatic carbocycles. The smallest absolute Gasteiger partial charge is 0.133 e. The van der Waals surface area contributed by atoms with Crippen LogP contribution >= 0.6 is 0 Å². The summed E-state index contributed by atoms with van der Waals surface area (Å²) in [6.45, 7) is 2.07. The predicted octanol–water partition coefficient (Wildman–Crippen LogP) is 3.07. The summed E-state index contributed by atoms with van der Waals surface area (Å²) in [6, 6.07) is 8.73. The number of nitrogens with two attached hydrogens (primary N) is 1. The van der Waals surface area contributed by atoms with E-state index in [-0.39, 0.29) is 0 Å². The first kappa shape index (κ1) is 13.2. The monoisotopic (exact) mass is 270 g/mol. The lowest BCUT2D eigenvalue weighted by molar-refractivity contribution is 0.485. The standard InChI is InChI=1S/C16H22N4/c1-12-18-19-16(20(12)15-4-2-3-5-15)11-8-13-6-9-14(17)10-7-13/h6-7,9-10,15H,2-5,8,11,17H2,1H3. The van der Waals surface area contributed by atoms with Crippen molar-refractivity contribution in [1.29, 1.82) is 0 Å². The van der Waals surface area contributed by atoms with E-state index in [9.17, 15) is 0 Å². The van der Waals surface area contributed by atoms with Crippen LogP contribution in [0, 0.1) is 6.92 Å². The third-order valence-electron chi connectivity index (χ3n) is 4.24. The molecule has 4 heteroatoms. The Hall–Kier alpha value is -1.84. The zero-order valence-corrected chi connectivity index (χ0v) is 12.0. The molecule has 0 amide bonds. The fourth-order valence-electron chi connectivity index (χ4n) is 3.16. The van der Waals surface area contributed by atoms with E-state index in [0.29, 0.717) is 6.04 Å². The van der Waals surface area contributed by atoms with Gasteiger partial charge >= 0.3 is 0 Å². The van der Waals surface area contributed by atoms with E-state index in [1.165, 1.54) is 31.2 Å². The minimum Gasteiger partial charge on any atom is -0.399 e. The van der Waals surface area contributed by atoms with Crippen LogP contribution in [0.4, 0.5) is 5.69 Å². The highest BCUT2D eigenvalue weighted by atomic mass is 15.3. The van der Waals surface area contributed by atoms with Crippen LogP contribution in [-0.2, 0) is 12.8 Å². The van der Waals surface area contributed by atoms with E-state index in [1.54, 1.807) is 0 Å². The molecule has 0 spiro atoms. The average Bonchev–Trinajstić information content (AvgIpc) is 3.07. The Morgan fingerprint density at radius 1 is 1.10 bits per heavy atom. The van der Waals surface area contributed by atoms with Crippen LogP contribution in [0.1, 0.15) is 48.9 Å². The summed E-state index contributed by atoms with van der Waals surface area (Å²) in [7, 11) is 0. The van der Waals surface area contributed by atoms with E-state index < -0.39 is 0 Å². The van der Waals surface area contributed by atoms with E-state index in [2.05, 4.69) is 33.8 Å². The topological polar surface area (TPSA) is 56.7 Å². The summed E-state index contributed by atoms with van der Waals surface area (Å²) in [5.74, 6) is 2.19. The number of hydrogen-bond donors (Lipinski definition) is 1. The molecule has 0 atom stereocenters. The van der Waals surface area contributed by atoms with Crippen molar-refractivity contribution in [3.05, 3.63) is 41.5 Å². The van der Waals surface area contributed by atoms with Crippen LogP contribution in [0.25, 0.3) is 0 Å². The number of rotatable bonds is 4. The summed E-state index contributed by atoms with van der Waals surface area (Å²) in [5.41, 5.74) is 7.84. The highest BCUT2D eigenvalue weighted by Gasteiger charge is 2.21. The molecule has 1 fully saturated rings. The summed E-state index contributed by atoms with van der Waals surface area (Å²) in [6.07, 6.45) is 7.15. The SMILES string of the molecule is Cc1nnc(CCc2ccc(N)cc2)n1C1CCCC1. The van der Waals surface area contributed by atoms with Crippen molar-refractivity contribution in [2.75, 3.05) is 5.73 Å². The molecule has 2 N–H and O–H groups in total. The zero-order valence-electron chi connectivity index (χ0n) is 12.0. The molecule has 0 bridgehead atoms. The van der Waals surface area contributed by atoms with Crippen LogP contribution in [0.5, 0.6) is 0 Å². The molecule has 1 saturated carbocycles. The highest BCUT2D eigenvalue weighted by molar-refractivity contribution is 5.39. The average molecular weight is 270 g/mol. The molecule has 2 aromatic rings. The van der Waals surface area contributed by atoms with Gasteiger partial charge in [0.15, 0.2) is 0 Å². The van der Waals surface area contributed by atoms with Crippen molar-refractivity contribution in [2.24, 2.45) is 0 Å². The first-order chi connectivity index (χ1) is 9.74. The van der Waals surface area contributed by atoms with Crippen molar-refractivity contribution in [2.45, 2.75) is 51.5 Å². The van der Waals surface area contributed by atoms with Gasteiger partial charge in [-0.25, -0.2) is 0 Å². The van der Waals surface area contributed by atoms with Gasteiger partial charge < -0.3 is 10.3 Å². The molecule has 106 valence electrons. The van der Waals surface area contributed by atoms with Gasteiger partial charge in [-0.1, -0.05) is 25.0 Å². The quantitative estimate of drug-likeness (QED) is 0.869. The summed E-state index contributed by atoms with van der Waals surface area (Å²) >= 11 is 0. The van der Waals surface area contributed by atoms with E-state index in [0.717, 1.165) is 30.2 Å². The van der Waals surface area contributed by atoms with Gasteiger partial charge in [0.05, 0.1) is 0 Å². The van der Waals surface area contributed by atoms with Crippen LogP contribution in [0.2, 0.25) is 0 Å². The number of benzene rings is 1. The van der Waals surface area contributed by atoms with Crippen molar-refractivity contribution in [3.63, 3.8) is 0 Å². The van der Waals surface area contributed by atoms with Crippen LogP contribution < -0.4 is 5.73 Å². The summed E-state index contributed by atoms with van der Waals surface area (Å²) in [4.78, 5) is 0. The lowest BCUT2D eigenvalue weighted by Gasteiger charge is -2.15. The number of aromatic nitrogens is 3. The molecule has 0 saturated heterocycles. The first-order valence-electron chi connectivity index (χ1n) is 7.49. The second-order valence-corrected chi connectivity index (χ2v) is 5.71. The van der Waals surface area contributed by atoms with Gasteiger partial charge in [0.2, 0.25) is 0 Å². The molecule has 3 rings (SSSR count). The molecule has 20 heavy (non-hydrogen) atoms. The van der Waals surface area contributed by atoms with Crippen molar-refractivity contribution in [3.8, 4) is 0 Å². The second-order valence-electron chi connectivity index (χ2n) is 5.71. The molecule has 1 heterocycles. The molecular formula is C16H22N4. The van der Waals surface area contributed by atoms with Gasteiger partial charge in [0, 0.05) is 18.2 Å². The predicted molar refractivity (Wildman–Crippen MR) is 80.5 cm³/mol. The Morgan fingerprint density at radius 2 is 1.80 bits per heavy atom. The molecule has 1 aromatic carbocycles. The lowest BCUT2D eigenvalue weighted by atomic mass is 10.1. The van der Waals surface area contributed by atoms with Gasteiger partial charge in [0.25, 0.3) is 0 Å². The number of nitrogens with zero attached hydrogens (tertiary/aromatic N) is 3. The van der Waals surface area contributed by atoms with Gasteiger partial charge in [0.1, 0.15) is 11.6 Å². The normalized spacial score (nSPS) is 15.8. The van der Waals surface area contributed by atoms with Crippen molar-refractivity contribution in [1.82, 2.24) is 14.8 Å². The third kappa shape index (κ3) is 2.69. The molecule has 4 nitrogen and oxygen atoms in total. The third-order valence-corrected chi connectivity index (χ3v) is 4.24. The van der Waals surface area contributed by atoms with Gasteiger partial charge in [-0.15, -0.1) is 10.2 Å². The Morgan fingerprint density at radius 3 is 2.50 bits per heavy atom. The number of aryl methyl sites for hydroxylation is 3. The van der Waals surface area contributed by atoms with E-state index in [1.807, 2.05) is 12.1 Å². The van der Waals surface area contributed by atoms with Crippen LogP contribution in [-0.4, -0.2) is 14.8 Å². The van der Waals surface area contributed by atoms with Crippen molar-refractivity contribution >= 4 is 5.69 Å². The fourth-order valence-corrected chi connectivity index (χ4v) is 3.16.